The Bertz CT molecular complexity index is 2110. The van der Waals surface area contributed by atoms with Crippen molar-refractivity contribution in [2.45, 2.75) is 0 Å². The van der Waals surface area contributed by atoms with Crippen molar-refractivity contribution >= 4 is 68.2 Å². The van der Waals surface area contributed by atoms with Crippen LogP contribution in [0.15, 0.2) is 97.1 Å². The van der Waals surface area contributed by atoms with Gasteiger partial charge in [0, 0.05) is 5.69 Å². The number of nitrogens with zero attached hydrogens (tertiary/aromatic N) is 1. The Morgan fingerprint density at radius 2 is 1.00 bits per heavy atom. The average Bonchev–Trinajstić information content (AvgIpc) is 3.07. The first-order valence-electron chi connectivity index (χ1n) is 14.5. The first kappa shape index (κ1) is 30.1. The van der Waals surface area contributed by atoms with E-state index in [4.69, 9.17) is 0 Å². The van der Waals surface area contributed by atoms with E-state index in [2.05, 4.69) is 0 Å². The Morgan fingerprint density at radius 1 is 0.500 bits per heavy atom. The van der Waals surface area contributed by atoms with Gasteiger partial charge in [-0.3, -0.25) is 0 Å². The molecule has 0 aliphatic carbocycles. The first-order valence-corrected chi connectivity index (χ1v) is 14.5. The third-order valence-corrected chi connectivity index (χ3v) is 8.51. The Hall–Kier alpha value is -5.96. The molecule has 0 saturated heterocycles. The van der Waals surface area contributed by atoms with Crippen molar-refractivity contribution in [3.63, 3.8) is 0 Å². The molecule has 6 N–H and O–H groups in total. The number of amides is 1. The fraction of sp³-hybridized carbons (Fsp3) is 0. The van der Waals surface area contributed by atoms with Gasteiger partial charge in [0.15, 0.2) is 11.5 Å². The lowest BCUT2D eigenvalue weighted by molar-refractivity contribution is 0.204. The van der Waals surface area contributed by atoms with E-state index in [1.807, 2.05) is 72.8 Å². The van der Waals surface area contributed by atoms with Gasteiger partial charge < -0.3 is 30.6 Å². The number of hydrogen-bond acceptors (Lipinski definition) is 6. The number of aromatic hydroxyl groups is 5. The minimum absolute atomic E-state index is 0.0456. The molecule has 0 aliphatic rings. The van der Waals surface area contributed by atoms with Gasteiger partial charge in [0.05, 0.1) is 16.8 Å². The van der Waals surface area contributed by atoms with Crippen LogP contribution in [-0.2, 0) is 0 Å². The van der Waals surface area contributed by atoms with Crippen LogP contribution in [0.3, 0.4) is 0 Å². The summed E-state index contributed by atoms with van der Waals surface area (Å²) in [5, 5.41) is 69.0. The molecule has 0 fully saturated rings. The third-order valence-electron chi connectivity index (χ3n) is 8.51. The lowest BCUT2D eigenvalue weighted by Crippen LogP contribution is -2.37. The molecule has 46 heavy (non-hydrogen) atoms. The molecule has 0 bridgehead atoms. The Labute approximate surface area is 267 Å². The van der Waals surface area contributed by atoms with Crippen LogP contribution >= 0.6 is 0 Å². The molecule has 0 saturated carbocycles. The lowest BCUT2D eigenvalue weighted by atomic mass is 9.78. The van der Waals surface area contributed by atoms with Crippen LogP contribution in [-0.4, -0.2) is 60.3 Å². The van der Waals surface area contributed by atoms with Crippen molar-refractivity contribution in [1.29, 1.82) is 0 Å². The summed E-state index contributed by atoms with van der Waals surface area (Å²) in [4.78, 5) is 13.6. The fourth-order valence-corrected chi connectivity index (χ4v) is 6.16. The summed E-state index contributed by atoms with van der Waals surface area (Å²) in [6, 6.07) is 29.5. The predicted molar refractivity (Wildman–Crippen MR) is 190 cm³/mol. The maximum absolute atomic E-state index is 12.9. The van der Waals surface area contributed by atoms with E-state index in [0.29, 0.717) is 16.0 Å². The molecule has 224 valence electrons. The van der Waals surface area contributed by atoms with Gasteiger partial charge in [-0.1, -0.05) is 97.1 Å². The molecule has 0 spiro atoms. The SMILES string of the molecule is Bc1c(O)c(-c2cccc3ccccc23)c(O)c(B)c1N(C(=O)O)c1c(B)c(O)c(-c2ccc(-c3ccccc3)cc2)c(O)c1O. The Morgan fingerprint density at radius 3 is 1.63 bits per heavy atom. The van der Waals surface area contributed by atoms with Gasteiger partial charge in [-0.2, -0.15) is 0 Å². The molecule has 6 aromatic carbocycles. The molecule has 0 aromatic heterocycles. The third kappa shape index (κ3) is 4.73. The van der Waals surface area contributed by atoms with Crippen molar-refractivity contribution in [3.8, 4) is 62.1 Å². The highest BCUT2D eigenvalue weighted by atomic mass is 16.4. The molecular formula is C35H28B3NO7. The Balaban J connectivity index is 1.52. The minimum Gasteiger partial charge on any atom is -0.508 e. The number of rotatable bonds is 5. The molecule has 0 unspecified atom stereocenters. The smallest absolute Gasteiger partial charge is 0.416 e. The van der Waals surface area contributed by atoms with Crippen molar-refractivity contribution in [2.75, 3.05) is 4.90 Å². The van der Waals surface area contributed by atoms with Gasteiger partial charge in [0.2, 0.25) is 0 Å². The van der Waals surface area contributed by atoms with Crippen molar-refractivity contribution in [3.05, 3.63) is 97.1 Å². The van der Waals surface area contributed by atoms with Gasteiger partial charge in [-0.15, -0.1) is 0 Å². The summed E-state index contributed by atoms with van der Waals surface area (Å²) in [6.45, 7) is 0. The second-order valence-electron chi connectivity index (χ2n) is 11.2. The summed E-state index contributed by atoms with van der Waals surface area (Å²) in [7, 11) is 4.41. The highest BCUT2D eigenvalue weighted by Gasteiger charge is 2.33. The van der Waals surface area contributed by atoms with Crippen LogP contribution in [0, 0.1) is 0 Å². The van der Waals surface area contributed by atoms with Gasteiger partial charge in [0.1, 0.15) is 40.8 Å². The van der Waals surface area contributed by atoms with Crippen LogP contribution in [0.1, 0.15) is 0 Å². The van der Waals surface area contributed by atoms with Crippen molar-refractivity contribution < 1.29 is 35.4 Å². The number of anilines is 2. The minimum atomic E-state index is -1.58. The summed E-state index contributed by atoms with van der Waals surface area (Å²) in [5.74, 6) is -2.69. The molecule has 0 radical (unpaired) electrons. The molecule has 8 nitrogen and oxygen atoms in total. The second-order valence-corrected chi connectivity index (χ2v) is 11.2. The largest absolute Gasteiger partial charge is 0.508 e. The topological polar surface area (TPSA) is 142 Å². The van der Waals surface area contributed by atoms with E-state index in [1.54, 1.807) is 24.3 Å². The monoisotopic (exact) mass is 607 g/mol. The normalized spacial score (nSPS) is 11.0. The molecule has 0 atom stereocenters. The zero-order chi connectivity index (χ0) is 32.9. The number of fused-ring (bicyclic) bond motifs is 1. The first-order chi connectivity index (χ1) is 22.0. The highest BCUT2D eigenvalue weighted by molar-refractivity contribution is 6.49. The number of hydrogen-bond donors (Lipinski definition) is 6. The number of phenolic OH excluding ortho intramolecular Hbond substituents is 5. The van der Waals surface area contributed by atoms with Gasteiger partial charge >= 0.3 is 6.09 Å². The molecule has 0 aliphatic heterocycles. The lowest BCUT2D eigenvalue weighted by Gasteiger charge is -2.29. The molecule has 6 rings (SSSR count). The van der Waals surface area contributed by atoms with Gasteiger partial charge in [-0.25, -0.2) is 9.69 Å². The van der Waals surface area contributed by atoms with Crippen LogP contribution in [0.4, 0.5) is 16.2 Å². The summed E-state index contributed by atoms with van der Waals surface area (Å²) < 4.78 is 0. The van der Waals surface area contributed by atoms with E-state index >= 15 is 0 Å². The summed E-state index contributed by atoms with van der Waals surface area (Å²) in [5.41, 5.74) is 2.45. The van der Waals surface area contributed by atoms with E-state index in [-0.39, 0.29) is 44.7 Å². The van der Waals surface area contributed by atoms with E-state index < -0.39 is 29.0 Å². The number of benzene rings is 6. The Kier molecular flexibility index (Phi) is 7.53. The standard InChI is InChI=1S/C35H28B3NO7/c36-25-28(26(37)32(42)24(31(25)41)22-12-6-10-19-9-4-5-11-21(19)22)39(35(45)46)29-27(38)30(40)23(33(43)34(29)44)20-15-13-18(14-16-20)17-7-2-1-3-8-17/h1-16,40-44H,36-38H2,(H,45,46). The van der Waals surface area contributed by atoms with Crippen LogP contribution in [0.2, 0.25) is 0 Å². The van der Waals surface area contributed by atoms with Gasteiger partial charge in [0.25, 0.3) is 0 Å². The van der Waals surface area contributed by atoms with E-state index in [1.165, 1.54) is 23.5 Å². The maximum Gasteiger partial charge on any atom is 0.416 e. The molecule has 6 aromatic rings. The van der Waals surface area contributed by atoms with Crippen LogP contribution in [0.5, 0.6) is 28.7 Å². The maximum atomic E-state index is 12.9. The summed E-state index contributed by atoms with van der Waals surface area (Å²) in [6.07, 6.45) is -1.58. The second kappa shape index (κ2) is 11.5. The van der Waals surface area contributed by atoms with E-state index in [0.717, 1.165) is 21.9 Å². The molecule has 11 heteroatoms. The number of phenols is 5. The molecule has 1 amide bonds. The van der Waals surface area contributed by atoms with Crippen molar-refractivity contribution in [1.82, 2.24) is 0 Å². The fourth-order valence-electron chi connectivity index (χ4n) is 6.16. The van der Waals surface area contributed by atoms with Crippen LogP contribution in [0.25, 0.3) is 44.2 Å². The zero-order valence-corrected chi connectivity index (χ0v) is 25.3. The zero-order valence-electron chi connectivity index (χ0n) is 25.3. The molecule has 0 heterocycles. The van der Waals surface area contributed by atoms with Gasteiger partial charge in [-0.05, 0) is 49.4 Å². The van der Waals surface area contributed by atoms with E-state index in [9.17, 15) is 35.4 Å². The predicted octanol–water partition coefficient (Wildman–Crippen LogP) is 2.96. The summed E-state index contributed by atoms with van der Waals surface area (Å²) >= 11 is 0. The average molecular weight is 607 g/mol. The number of carbonyl (C=O) groups is 1. The number of carboxylic acid groups (broad SMARTS) is 1. The highest BCUT2D eigenvalue weighted by Crippen LogP contribution is 2.49. The van der Waals surface area contributed by atoms with Crippen molar-refractivity contribution in [2.24, 2.45) is 0 Å². The molecular weight excluding hydrogens is 579 g/mol. The van der Waals surface area contributed by atoms with Crippen LogP contribution < -0.4 is 21.3 Å². The quantitative estimate of drug-likeness (QED) is 0.101.